The molecule has 190 valence electrons. The number of morpholine rings is 1. The second kappa shape index (κ2) is 11.8. The molecule has 36 heavy (non-hydrogen) atoms. The van der Waals surface area contributed by atoms with E-state index in [0.29, 0.717) is 24.8 Å². The van der Waals surface area contributed by atoms with Gasteiger partial charge in [0.1, 0.15) is 0 Å². The number of anilines is 3. The number of carbonyl (C=O) groups excluding carboxylic acids is 1. The molecule has 0 radical (unpaired) electrons. The molecule has 4 rings (SSSR count). The van der Waals surface area contributed by atoms with Crippen LogP contribution in [0, 0.1) is 0 Å². The maximum absolute atomic E-state index is 14.1. The zero-order chi connectivity index (χ0) is 25.7. The molecule has 0 aliphatic carbocycles. The van der Waals surface area contributed by atoms with Crippen LogP contribution in [-0.4, -0.2) is 50.4 Å². The zero-order valence-corrected chi connectivity index (χ0v) is 22.7. The Labute approximate surface area is 219 Å². The van der Waals surface area contributed by atoms with Crippen LogP contribution in [0.3, 0.4) is 0 Å². The van der Waals surface area contributed by atoms with E-state index in [4.69, 9.17) is 4.74 Å². The van der Waals surface area contributed by atoms with Gasteiger partial charge in [0, 0.05) is 52.4 Å². The number of ketones is 1. The fourth-order valence-electron chi connectivity index (χ4n) is 4.62. The molecule has 3 aromatic rings. The van der Waals surface area contributed by atoms with Crippen LogP contribution in [0.2, 0.25) is 0 Å². The third-order valence-corrected chi connectivity index (χ3v) is 6.92. The Bertz CT molecular complexity index is 1170. The topological polar surface area (TPSA) is 53.6 Å². The van der Waals surface area contributed by atoms with Crippen molar-refractivity contribution < 1.29 is 9.53 Å². The summed E-state index contributed by atoms with van der Waals surface area (Å²) in [5.41, 5.74) is 6.69. The number of hydrogen-bond acceptors (Lipinski definition) is 6. The molecule has 6 heteroatoms. The molecule has 0 bridgehead atoms. The summed E-state index contributed by atoms with van der Waals surface area (Å²) in [7, 11) is 0. The molecule has 2 N–H and O–H groups in total. The van der Waals surface area contributed by atoms with Gasteiger partial charge in [-0.25, -0.2) is 0 Å². The van der Waals surface area contributed by atoms with Crippen molar-refractivity contribution in [1.29, 1.82) is 0 Å². The Morgan fingerprint density at radius 1 is 0.917 bits per heavy atom. The molecule has 0 aromatic heterocycles. The van der Waals surface area contributed by atoms with Gasteiger partial charge < -0.3 is 20.3 Å². The van der Waals surface area contributed by atoms with E-state index < -0.39 is 0 Å². The minimum atomic E-state index is 0.0381. The SMILES string of the molecule is CSc1cc(C(=O)c2ccc(NC(C)C)cc2)c(N2CCOCC2)c(-c2ccccc2)c1NC(C)C. The van der Waals surface area contributed by atoms with Crippen molar-refractivity contribution in [2.24, 2.45) is 0 Å². The number of ether oxygens (including phenoxy) is 1. The molecule has 1 aliphatic heterocycles. The molecule has 0 unspecified atom stereocenters. The van der Waals surface area contributed by atoms with Crippen molar-refractivity contribution >= 4 is 34.6 Å². The zero-order valence-electron chi connectivity index (χ0n) is 21.9. The molecule has 1 saturated heterocycles. The number of hydrogen-bond donors (Lipinski definition) is 2. The van der Waals surface area contributed by atoms with Gasteiger partial charge >= 0.3 is 0 Å². The summed E-state index contributed by atoms with van der Waals surface area (Å²) in [6.45, 7) is 11.3. The Kier molecular flexibility index (Phi) is 8.60. The van der Waals surface area contributed by atoms with E-state index in [1.165, 1.54) is 0 Å². The van der Waals surface area contributed by atoms with Crippen LogP contribution in [0.1, 0.15) is 43.6 Å². The minimum absolute atomic E-state index is 0.0381. The number of rotatable bonds is 9. The van der Waals surface area contributed by atoms with Gasteiger partial charge in [-0.15, -0.1) is 11.8 Å². The lowest BCUT2D eigenvalue weighted by Crippen LogP contribution is -2.37. The highest BCUT2D eigenvalue weighted by atomic mass is 32.2. The van der Waals surface area contributed by atoms with Gasteiger partial charge in [-0.1, -0.05) is 30.3 Å². The van der Waals surface area contributed by atoms with Gasteiger partial charge in [0.15, 0.2) is 5.78 Å². The first-order valence-corrected chi connectivity index (χ1v) is 13.9. The Morgan fingerprint density at radius 2 is 1.56 bits per heavy atom. The smallest absolute Gasteiger partial charge is 0.195 e. The Balaban J connectivity index is 1.94. The lowest BCUT2D eigenvalue weighted by atomic mass is 9.92. The predicted octanol–water partition coefficient (Wildman–Crippen LogP) is 6.78. The number of benzene rings is 3. The maximum atomic E-state index is 14.1. The lowest BCUT2D eigenvalue weighted by molar-refractivity contribution is 0.103. The van der Waals surface area contributed by atoms with Gasteiger partial charge in [-0.2, -0.15) is 0 Å². The number of nitrogens with one attached hydrogen (secondary N) is 2. The third kappa shape index (κ3) is 5.88. The van der Waals surface area contributed by atoms with E-state index in [1.807, 2.05) is 30.3 Å². The normalized spacial score (nSPS) is 13.8. The second-order valence-corrected chi connectivity index (χ2v) is 10.5. The van der Waals surface area contributed by atoms with E-state index >= 15 is 0 Å². The highest BCUT2D eigenvalue weighted by Gasteiger charge is 2.28. The average molecular weight is 504 g/mol. The van der Waals surface area contributed by atoms with E-state index in [1.54, 1.807) is 11.8 Å². The predicted molar refractivity (Wildman–Crippen MR) is 154 cm³/mol. The van der Waals surface area contributed by atoms with Crippen LogP contribution in [0.4, 0.5) is 17.1 Å². The van der Waals surface area contributed by atoms with Crippen molar-refractivity contribution in [1.82, 2.24) is 0 Å². The molecule has 3 aromatic carbocycles. The van der Waals surface area contributed by atoms with Crippen molar-refractivity contribution in [3.63, 3.8) is 0 Å². The summed E-state index contributed by atoms with van der Waals surface area (Å²) >= 11 is 1.67. The molecule has 5 nitrogen and oxygen atoms in total. The average Bonchev–Trinajstić information content (AvgIpc) is 2.88. The Hall–Kier alpha value is -2.96. The fourth-order valence-corrected chi connectivity index (χ4v) is 5.22. The van der Waals surface area contributed by atoms with Crippen molar-refractivity contribution in [3.05, 3.63) is 71.8 Å². The largest absolute Gasteiger partial charge is 0.383 e. The van der Waals surface area contributed by atoms with E-state index in [0.717, 1.165) is 51.7 Å². The van der Waals surface area contributed by atoms with Crippen LogP contribution in [0.15, 0.2) is 65.6 Å². The number of carbonyl (C=O) groups is 1. The van der Waals surface area contributed by atoms with Crippen LogP contribution in [0.5, 0.6) is 0 Å². The van der Waals surface area contributed by atoms with Crippen molar-refractivity contribution in [2.45, 2.75) is 44.7 Å². The van der Waals surface area contributed by atoms with Gasteiger partial charge in [0.05, 0.1) is 24.6 Å². The minimum Gasteiger partial charge on any atom is -0.383 e. The molecule has 0 saturated carbocycles. The van der Waals surface area contributed by atoms with Crippen LogP contribution in [0.25, 0.3) is 11.1 Å². The number of thioether (sulfide) groups is 1. The Morgan fingerprint density at radius 3 is 2.14 bits per heavy atom. The van der Waals surface area contributed by atoms with Crippen molar-refractivity contribution in [3.8, 4) is 11.1 Å². The maximum Gasteiger partial charge on any atom is 0.195 e. The molecule has 1 fully saturated rings. The summed E-state index contributed by atoms with van der Waals surface area (Å²) in [5.74, 6) is 0.0381. The summed E-state index contributed by atoms with van der Waals surface area (Å²) in [4.78, 5) is 17.5. The monoisotopic (exact) mass is 503 g/mol. The van der Waals surface area contributed by atoms with Crippen LogP contribution >= 0.6 is 11.8 Å². The fraction of sp³-hybridized carbons (Fsp3) is 0.367. The molecule has 0 atom stereocenters. The first kappa shape index (κ1) is 26.1. The van der Waals surface area contributed by atoms with E-state index in [-0.39, 0.29) is 11.8 Å². The van der Waals surface area contributed by atoms with Crippen molar-refractivity contribution in [2.75, 3.05) is 48.1 Å². The van der Waals surface area contributed by atoms with Gasteiger partial charge in [-0.3, -0.25) is 4.79 Å². The molecule has 0 amide bonds. The quantitative estimate of drug-likeness (QED) is 0.248. The van der Waals surface area contributed by atoms with Gasteiger partial charge in [0.2, 0.25) is 0 Å². The highest BCUT2D eigenvalue weighted by molar-refractivity contribution is 7.98. The summed E-state index contributed by atoms with van der Waals surface area (Å²) in [6, 6.07) is 20.9. The first-order valence-electron chi connectivity index (χ1n) is 12.7. The lowest BCUT2D eigenvalue weighted by Gasteiger charge is -2.34. The molecule has 1 heterocycles. The van der Waals surface area contributed by atoms with Gasteiger partial charge in [0.25, 0.3) is 0 Å². The number of nitrogens with zero attached hydrogens (tertiary/aromatic N) is 1. The summed E-state index contributed by atoms with van der Waals surface area (Å²) < 4.78 is 5.68. The van der Waals surface area contributed by atoms with E-state index in [9.17, 15) is 4.79 Å². The standard InChI is InChI=1S/C30H37N3O2S/c1-20(2)31-24-13-11-23(12-14-24)30(34)25-19-26(36-5)28(32-21(3)4)27(22-9-7-6-8-10-22)29(25)33-15-17-35-18-16-33/h6-14,19-21,31-32H,15-18H2,1-5H3. The summed E-state index contributed by atoms with van der Waals surface area (Å²) in [6.07, 6.45) is 2.07. The third-order valence-electron chi connectivity index (χ3n) is 6.15. The first-order chi connectivity index (χ1) is 17.4. The van der Waals surface area contributed by atoms with Crippen LogP contribution < -0.4 is 15.5 Å². The highest BCUT2D eigenvalue weighted by Crippen LogP contribution is 2.46. The molecular weight excluding hydrogens is 466 g/mol. The molecular formula is C30H37N3O2S. The molecule has 0 spiro atoms. The molecule has 1 aliphatic rings. The van der Waals surface area contributed by atoms with E-state index in [2.05, 4.69) is 79.8 Å². The summed E-state index contributed by atoms with van der Waals surface area (Å²) in [5, 5.41) is 7.11. The second-order valence-electron chi connectivity index (χ2n) is 9.69. The van der Waals surface area contributed by atoms with Crippen LogP contribution in [-0.2, 0) is 4.74 Å². The van der Waals surface area contributed by atoms with Gasteiger partial charge in [-0.05, 0) is 69.8 Å².